The van der Waals surface area contributed by atoms with Gasteiger partial charge in [-0.1, -0.05) is 48.2 Å². The molecule has 5 nitrogen and oxygen atoms in total. The molecule has 1 aromatic rings. The van der Waals surface area contributed by atoms with Gasteiger partial charge in [0.25, 0.3) is 0 Å². The Morgan fingerprint density at radius 2 is 2.00 bits per heavy atom. The predicted octanol–water partition coefficient (Wildman–Crippen LogP) is 2.83. The lowest BCUT2D eigenvalue weighted by atomic mass is 10.00. The maximum absolute atomic E-state index is 10.8. The number of hydrogen-bond acceptors (Lipinski definition) is 5. The molecule has 2 N–H and O–H groups in total. The van der Waals surface area contributed by atoms with Crippen LogP contribution in [0.1, 0.15) is 25.5 Å². The zero-order chi connectivity index (χ0) is 15.2. The van der Waals surface area contributed by atoms with E-state index in [1.807, 2.05) is 44.2 Å². The van der Waals surface area contributed by atoms with Gasteiger partial charge in [0.1, 0.15) is 6.04 Å². The quantitative estimate of drug-likeness (QED) is 0.842. The Morgan fingerprint density at radius 1 is 1.29 bits per heavy atom. The highest BCUT2D eigenvalue weighted by molar-refractivity contribution is 8.26. The molecule has 0 saturated heterocycles. The monoisotopic (exact) mass is 303 g/mol. The van der Waals surface area contributed by atoms with Crippen molar-refractivity contribution < 1.29 is 9.90 Å². The van der Waals surface area contributed by atoms with E-state index in [9.17, 15) is 4.79 Å². The third kappa shape index (κ3) is 4.46. The van der Waals surface area contributed by atoms with E-state index in [1.165, 1.54) is 11.8 Å². The van der Waals surface area contributed by atoms with Crippen molar-refractivity contribution in [3.63, 3.8) is 0 Å². The molecule has 0 radical (unpaired) electrons. The maximum atomic E-state index is 10.8. The highest BCUT2D eigenvalue weighted by atomic mass is 32.2. The van der Waals surface area contributed by atoms with Gasteiger partial charge in [-0.05, 0) is 19.4 Å². The van der Waals surface area contributed by atoms with Crippen molar-refractivity contribution in [1.82, 2.24) is 5.43 Å². The molecule has 0 spiro atoms. The summed E-state index contributed by atoms with van der Waals surface area (Å²) < 4.78 is 0. The second-order valence-electron chi connectivity index (χ2n) is 4.59. The lowest BCUT2D eigenvalue weighted by molar-refractivity contribution is -0.131. The molecule has 110 valence electrons. The molecule has 2 unspecified atom stereocenters. The summed E-state index contributed by atoms with van der Waals surface area (Å²) in [4.78, 5) is 15.5. The topological polar surface area (TPSA) is 74.0 Å². The lowest BCUT2D eigenvalue weighted by Gasteiger charge is -2.24. The summed E-state index contributed by atoms with van der Waals surface area (Å²) in [7, 11) is 0. The van der Waals surface area contributed by atoms with E-state index >= 15 is 0 Å². The van der Waals surface area contributed by atoms with Gasteiger partial charge in [-0.3, -0.25) is 10.4 Å². The lowest BCUT2D eigenvalue weighted by Crippen LogP contribution is -2.31. The van der Waals surface area contributed by atoms with Crippen LogP contribution in [-0.4, -0.2) is 27.2 Å². The zero-order valence-electron chi connectivity index (χ0n) is 11.9. The van der Waals surface area contributed by atoms with E-state index in [1.54, 1.807) is 6.08 Å². The molecular formula is C15H17N3O2S. The Kier molecular flexibility index (Phi) is 5.16. The van der Waals surface area contributed by atoms with Crippen LogP contribution in [0.5, 0.6) is 0 Å². The first kappa shape index (κ1) is 15.3. The van der Waals surface area contributed by atoms with Gasteiger partial charge in [0.05, 0.1) is 16.1 Å². The fourth-order valence-electron chi connectivity index (χ4n) is 2.04. The number of carbonyl (C=O) groups is 1. The molecule has 1 heterocycles. The average Bonchev–Trinajstić information content (AvgIpc) is 2.44. The van der Waals surface area contributed by atoms with Crippen LogP contribution in [0.15, 0.2) is 52.6 Å². The molecule has 2 atom stereocenters. The molecule has 0 aromatic heterocycles. The van der Waals surface area contributed by atoms with Crippen LogP contribution in [-0.2, 0) is 4.79 Å². The average molecular weight is 303 g/mol. The summed E-state index contributed by atoms with van der Waals surface area (Å²) in [5.74, 6) is -0.985. The molecular weight excluding hydrogens is 286 g/mol. The summed E-state index contributed by atoms with van der Waals surface area (Å²) in [6, 6.07) is 9.26. The van der Waals surface area contributed by atoms with Gasteiger partial charge in [0.2, 0.25) is 0 Å². The number of carboxylic acids is 1. The third-order valence-corrected chi connectivity index (χ3v) is 3.70. The maximum Gasteiger partial charge on any atom is 0.328 e. The number of carboxylic acid groups (broad SMARTS) is 1. The number of nitrogens with one attached hydrogen (secondary N) is 1. The number of nitrogens with zero attached hydrogens (tertiary/aromatic N) is 2. The van der Waals surface area contributed by atoms with Crippen molar-refractivity contribution in [2.45, 2.75) is 25.9 Å². The third-order valence-electron chi connectivity index (χ3n) is 2.91. The highest BCUT2D eigenvalue weighted by Gasteiger charge is 2.22. The molecule has 1 aromatic carbocycles. The van der Waals surface area contributed by atoms with Gasteiger partial charge in [-0.25, -0.2) is 4.79 Å². The van der Waals surface area contributed by atoms with Crippen molar-refractivity contribution in [3.8, 4) is 0 Å². The molecule has 1 aliphatic heterocycles. The molecule has 0 fully saturated rings. The van der Waals surface area contributed by atoms with E-state index in [0.717, 1.165) is 21.7 Å². The van der Waals surface area contributed by atoms with E-state index in [-0.39, 0.29) is 12.1 Å². The van der Waals surface area contributed by atoms with Crippen LogP contribution in [0.2, 0.25) is 0 Å². The summed E-state index contributed by atoms with van der Waals surface area (Å²) in [6.45, 7) is 3.82. The van der Waals surface area contributed by atoms with Gasteiger partial charge in [0, 0.05) is 6.08 Å². The second-order valence-corrected chi connectivity index (χ2v) is 5.97. The SMILES string of the molecule is CC1=NNC(/C=C/C(=O)O)C(c2ccccc2)N=C(C)S1. The summed E-state index contributed by atoms with van der Waals surface area (Å²) >= 11 is 1.50. The molecule has 1 aliphatic rings. The minimum absolute atomic E-state index is 0.217. The molecule has 6 heteroatoms. The largest absolute Gasteiger partial charge is 0.478 e. The van der Waals surface area contributed by atoms with Gasteiger partial charge in [0.15, 0.2) is 0 Å². The standard InChI is InChI=1S/C15H17N3O2S/c1-10-16-15(12-6-4-3-5-7-12)13(8-9-14(19)20)18-17-11(2)21-10/h3-9,13,15,18H,1-2H3,(H,19,20)/b9-8+,16-10?,17-11?. The fraction of sp³-hybridized carbons (Fsp3) is 0.267. The van der Waals surface area contributed by atoms with Crippen molar-refractivity contribution in [3.05, 3.63) is 48.0 Å². The van der Waals surface area contributed by atoms with Gasteiger partial charge < -0.3 is 5.11 Å². The van der Waals surface area contributed by atoms with Crippen molar-refractivity contribution >= 4 is 27.8 Å². The number of aliphatic imine (C=N–C) groups is 1. The highest BCUT2D eigenvalue weighted by Crippen LogP contribution is 2.26. The van der Waals surface area contributed by atoms with Crippen LogP contribution >= 0.6 is 11.8 Å². The van der Waals surface area contributed by atoms with Gasteiger partial charge in [-0.2, -0.15) is 5.10 Å². The molecule has 0 amide bonds. The van der Waals surface area contributed by atoms with Crippen LogP contribution < -0.4 is 5.43 Å². The first-order valence-corrected chi connectivity index (χ1v) is 7.36. The predicted molar refractivity (Wildman–Crippen MR) is 86.7 cm³/mol. The number of aliphatic carboxylic acids is 1. The molecule has 0 aliphatic carbocycles. The Bertz CT molecular complexity index is 596. The minimum Gasteiger partial charge on any atom is -0.478 e. The van der Waals surface area contributed by atoms with E-state index in [0.29, 0.717) is 0 Å². The zero-order valence-corrected chi connectivity index (χ0v) is 12.7. The number of hydrazone groups is 1. The summed E-state index contributed by atoms with van der Waals surface area (Å²) in [6.07, 6.45) is 2.71. The Morgan fingerprint density at radius 3 is 2.67 bits per heavy atom. The smallest absolute Gasteiger partial charge is 0.328 e. The van der Waals surface area contributed by atoms with E-state index in [2.05, 4.69) is 10.5 Å². The number of rotatable bonds is 3. The number of benzene rings is 1. The van der Waals surface area contributed by atoms with Crippen molar-refractivity contribution in [2.75, 3.05) is 0 Å². The normalized spacial score (nSPS) is 22.8. The number of thioether (sulfide) groups is 1. The van der Waals surface area contributed by atoms with Crippen molar-refractivity contribution in [2.24, 2.45) is 10.1 Å². The second kappa shape index (κ2) is 7.08. The first-order chi connectivity index (χ1) is 10.1. The molecule has 0 bridgehead atoms. The molecule has 0 saturated carbocycles. The van der Waals surface area contributed by atoms with Crippen LogP contribution in [0.25, 0.3) is 0 Å². The number of hydrogen-bond donors (Lipinski definition) is 2. The minimum atomic E-state index is -0.985. The fourth-order valence-corrected chi connectivity index (χ4v) is 2.73. The summed E-state index contributed by atoms with van der Waals surface area (Å²) in [5, 5.41) is 14.9. The van der Waals surface area contributed by atoms with Crippen molar-refractivity contribution in [1.29, 1.82) is 0 Å². The summed E-state index contributed by atoms with van der Waals surface area (Å²) in [5.41, 5.74) is 4.02. The van der Waals surface area contributed by atoms with E-state index < -0.39 is 5.97 Å². The Labute approximate surface area is 127 Å². The van der Waals surface area contributed by atoms with Crippen LogP contribution in [0.3, 0.4) is 0 Å². The Hall–Kier alpha value is -2.08. The molecule has 21 heavy (non-hydrogen) atoms. The molecule has 2 rings (SSSR count). The first-order valence-electron chi connectivity index (χ1n) is 6.54. The van der Waals surface area contributed by atoms with Gasteiger partial charge >= 0.3 is 5.97 Å². The Balaban J connectivity index is 2.39. The van der Waals surface area contributed by atoms with E-state index in [4.69, 9.17) is 10.1 Å². The van der Waals surface area contributed by atoms with Gasteiger partial charge in [-0.15, -0.1) is 0 Å². The van der Waals surface area contributed by atoms with Crippen LogP contribution in [0.4, 0.5) is 0 Å². The van der Waals surface area contributed by atoms with Crippen LogP contribution in [0, 0.1) is 0 Å².